The standard InChI is InChI=1S/C28H17N3O8S/c32-26-25(40-28(34)29(26)16-19-6-3-5-18-4-1-2-7-24(18)19)12-17-8-10-23(11-9-17)39-27(33)20-13-21(30(35)36)15-22(14-20)31(37)38/h1-15H,16H2/b25-12-. The zero-order valence-electron chi connectivity index (χ0n) is 20.4. The lowest BCUT2D eigenvalue weighted by atomic mass is 10.0. The molecule has 1 fully saturated rings. The summed E-state index contributed by atoms with van der Waals surface area (Å²) in [7, 11) is 0. The van der Waals surface area contributed by atoms with Crippen LogP contribution in [0.25, 0.3) is 16.8 Å². The second kappa shape index (κ2) is 10.8. The van der Waals surface area contributed by atoms with Gasteiger partial charge in [-0.3, -0.25) is 34.7 Å². The molecule has 0 atom stereocenters. The van der Waals surface area contributed by atoms with E-state index in [0.29, 0.717) is 5.56 Å². The lowest BCUT2D eigenvalue weighted by Crippen LogP contribution is -2.27. The maximum atomic E-state index is 13.0. The van der Waals surface area contributed by atoms with Crippen LogP contribution < -0.4 is 4.74 Å². The quantitative estimate of drug-likeness (QED) is 0.0864. The van der Waals surface area contributed by atoms with E-state index in [4.69, 9.17) is 4.74 Å². The first-order chi connectivity index (χ1) is 19.2. The van der Waals surface area contributed by atoms with Gasteiger partial charge < -0.3 is 4.74 Å². The van der Waals surface area contributed by atoms with Gasteiger partial charge >= 0.3 is 5.97 Å². The normalized spacial score (nSPS) is 14.1. The Labute approximate surface area is 230 Å². The van der Waals surface area contributed by atoms with E-state index >= 15 is 0 Å². The fourth-order valence-electron chi connectivity index (χ4n) is 4.11. The molecule has 0 aromatic heterocycles. The number of nitro groups is 2. The van der Waals surface area contributed by atoms with Gasteiger partial charge in [-0.25, -0.2) is 4.79 Å². The Hall–Kier alpha value is -5.36. The van der Waals surface area contributed by atoms with E-state index in [1.54, 1.807) is 18.2 Å². The maximum Gasteiger partial charge on any atom is 0.344 e. The number of thioether (sulfide) groups is 1. The highest BCUT2D eigenvalue weighted by Gasteiger charge is 2.35. The highest BCUT2D eigenvalue weighted by atomic mass is 32.2. The van der Waals surface area contributed by atoms with Crippen molar-refractivity contribution >= 4 is 57.1 Å². The molecule has 1 heterocycles. The average molecular weight is 556 g/mol. The summed E-state index contributed by atoms with van der Waals surface area (Å²) in [5.74, 6) is -1.37. The molecule has 12 heteroatoms. The van der Waals surface area contributed by atoms with E-state index in [-0.39, 0.29) is 28.0 Å². The van der Waals surface area contributed by atoms with Crippen molar-refractivity contribution in [3.05, 3.63) is 127 Å². The van der Waals surface area contributed by atoms with Crippen molar-refractivity contribution < 1.29 is 29.0 Å². The highest BCUT2D eigenvalue weighted by molar-refractivity contribution is 8.18. The lowest BCUT2D eigenvalue weighted by molar-refractivity contribution is -0.394. The van der Waals surface area contributed by atoms with Gasteiger partial charge in [0, 0.05) is 12.1 Å². The van der Waals surface area contributed by atoms with Crippen LogP contribution in [0.5, 0.6) is 5.75 Å². The van der Waals surface area contributed by atoms with Crippen LogP contribution in [0.15, 0.2) is 89.8 Å². The molecule has 4 aromatic rings. The van der Waals surface area contributed by atoms with Crippen LogP contribution in [0.4, 0.5) is 16.2 Å². The summed E-state index contributed by atoms with van der Waals surface area (Å²) in [6.45, 7) is 0.133. The first kappa shape index (κ1) is 26.3. The second-order valence-electron chi connectivity index (χ2n) is 8.62. The van der Waals surface area contributed by atoms with Gasteiger partial charge in [-0.15, -0.1) is 0 Å². The van der Waals surface area contributed by atoms with E-state index < -0.39 is 33.1 Å². The number of carbonyl (C=O) groups is 3. The minimum absolute atomic E-state index is 0.0698. The van der Waals surface area contributed by atoms with Crippen molar-refractivity contribution in [1.29, 1.82) is 0 Å². The number of hydrogen-bond acceptors (Lipinski definition) is 9. The predicted octanol–water partition coefficient (Wildman–Crippen LogP) is 6.11. The van der Waals surface area contributed by atoms with E-state index in [1.165, 1.54) is 17.0 Å². The molecule has 0 aliphatic carbocycles. The van der Waals surface area contributed by atoms with Gasteiger partial charge in [0.2, 0.25) is 0 Å². The number of nitro benzene ring substituents is 2. The van der Waals surface area contributed by atoms with Crippen LogP contribution in [0, 0.1) is 20.2 Å². The van der Waals surface area contributed by atoms with Gasteiger partial charge in [-0.2, -0.15) is 0 Å². The van der Waals surface area contributed by atoms with Crippen LogP contribution in [0.1, 0.15) is 21.5 Å². The van der Waals surface area contributed by atoms with E-state index in [0.717, 1.165) is 46.3 Å². The molecule has 1 aliphatic heterocycles. The fraction of sp³-hybridized carbons (Fsp3) is 0.0357. The molecular formula is C28H17N3O8S. The van der Waals surface area contributed by atoms with Gasteiger partial charge in [-0.05, 0) is 51.9 Å². The Morgan fingerprint density at radius 3 is 2.20 bits per heavy atom. The number of carbonyl (C=O) groups excluding carboxylic acids is 3. The van der Waals surface area contributed by atoms with Crippen molar-refractivity contribution in [3.8, 4) is 5.75 Å². The number of fused-ring (bicyclic) bond motifs is 1. The predicted molar refractivity (Wildman–Crippen MR) is 147 cm³/mol. The summed E-state index contributed by atoms with van der Waals surface area (Å²) in [5, 5.41) is 23.7. The van der Waals surface area contributed by atoms with Gasteiger partial charge in [-0.1, -0.05) is 54.6 Å². The van der Waals surface area contributed by atoms with Crippen LogP contribution in [-0.2, 0) is 11.3 Å². The van der Waals surface area contributed by atoms with Crippen molar-refractivity contribution in [2.45, 2.75) is 6.54 Å². The minimum Gasteiger partial charge on any atom is -0.423 e. The van der Waals surface area contributed by atoms with E-state index in [9.17, 15) is 34.6 Å². The third kappa shape index (κ3) is 5.42. The highest BCUT2D eigenvalue weighted by Crippen LogP contribution is 2.34. The summed E-state index contributed by atoms with van der Waals surface area (Å²) >= 11 is 0.824. The molecule has 0 spiro atoms. The Morgan fingerprint density at radius 1 is 0.875 bits per heavy atom. The van der Waals surface area contributed by atoms with E-state index in [1.807, 2.05) is 42.5 Å². The summed E-state index contributed by atoms with van der Waals surface area (Å²) in [6, 6.07) is 21.9. The molecule has 1 saturated heterocycles. The zero-order valence-corrected chi connectivity index (χ0v) is 21.2. The SMILES string of the molecule is O=C(Oc1ccc(/C=C2\SC(=O)N(Cc3cccc4ccccc34)C2=O)cc1)c1cc([N+](=O)[O-])cc([N+](=O)[O-])c1. The molecular weight excluding hydrogens is 538 g/mol. The smallest absolute Gasteiger partial charge is 0.344 e. The Morgan fingerprint density at radius 2 is 1.52 bits per heavy atom. The topological polar surface area (TPSA) is 150 Å². The molecule has 5 rings (SSSR count). The summed E-state index contributed by atoms with van der Waals surface area (Å²) in [5.41, 5.74) is -0.190. The van der Waals surface area contributed by atoms with Crippen LogP contribution in [0.3, 0.4) is 0 Å². The number of benzene rings is 4. The summed E-state index contributed by atoms with van der Waals surface area (Å²) in [4.78, 5) is 60.1. The Bertz CT molecular complexity index is 1710. The first-order valence-electron chi connectivity index (χ1n) is 11.7. The molecule has 2 amide bonds. The minimum atomic E-state index is -1.02. The Kier molecular flexibility index (Phi) is 7.08. The molecule has 4 aromatic carbocycles. The fourth-order valence-corrected chi connectivity index (χ4v) is 4.95. The zero-order chi connectivity index (χ0) is 28.4. The molecule has 198 valence electrons. The average Bonchev–Trinajstić information content (AvgIpc) is 3.21. The molecule has 0 saturated carbocycles. The molecule has 11 nitrogen and oxygen atoms in total. The number of amides is 2. The summed E-state index contributed by atoms with van der Waals surface area (Å²) < 4.78 is 5.21. The number of imide groups is 1. The second-order valence-corrected chi connectivity index (χ2v) is 9.61. The maximum absolute atomic E-state index is 13.0. The number of ether oxygens (including phenoxy) is 1. The molecule has 0 N–H and O–H groups in total. The molecule has 0 radical (unpaired) electrons. The molecule has 40 heavy (non-hydrogen) atoms. The Balaban J connectivity index is 1.30. The third-order valence-electron chi connectivity index (χ3n) is 6.03. The van der Waals surface area contributed by atoms with Crippen LogP contribution in [-0.4, -0.2) is 31.9 Å². The number of hydrogen-bond donors (Lipinski definition) is 0. The van der Waals surface area contributed by atoms with E-state index in [2.05, 4.69) is 0 Å². The van der Waals surface area contributed by atoms with Gasteiger partial charge in [0.05, 0.1) is 32.9 Å². The molecule has 1 aliphatic rings. The molecule has 0 unspecified atom stereocenters. The molecule has 0 bridgehead atoms. The van der Waals surface area contributed by atoms with Crippen LogP contribution in [0.2, 0.25) is 0 Å². The van der Waals surface area contributed by atoms with Crippen molar-refractivity contribution in [2.24, 2.45) is 0 Å². The largest absolute Gasteiger partial charge is 0.423 e. The summed E-state index contributed by atoms with van der Waals surface area (Å²) in [6.07, 6.45) is 1.55. The third-order valence-corrected chi connectivity index (χ3v) is 6.94. The van der Waals surface area contributed by atoms with Crippen molar-refractivity contribution in [2.75, 3.05) is 0 Å². The number of esters is 1. The lowest BCUT2D eigenvalue weighted by Gasteiger charge is -2.14. The number of non-ortho nitro benzene ring substituents is 2. The monoisotopic (exact) mass is 555 g/mol. The first-order valence-corrected chi connectivity index (χ1v) is 12.5. The number of nitrogens with zero attached hydrogens (tertiary/aromatic N) is 3. The van der Waals surface area contributed by atoms with Crippen molar-refractivity contribution in [1.82, 2.24) is 4.90 Å². The van der Waals surface area contributed by atoms with Gasteiger partial charge in [0.15, 0.2) is 0 Å². The number of rotatable bonds is 7. The van der Waals surface area contributed by atoms with Crippen molar-refractivity contribution in [3.63, 3.8) is 0 Å². The van der Waals surface area contributed by atoms with Gasteiger partial charge in [0.25, 0.3) is 22.5 Å². The van der Waals surface area contributed by atoms with Gasteiger partial charge in [0.1, 0.15) is 5.75 Å². The van der Waals surface area contributed by atoms with Crippen LogP contribution >= 0.6 is 11.8 Å².